The van der Waals surface area contributed by atoms with E-state index >= 15 is 0 Å². The molecule has 0 bridgehead atoms. The Morgan fingerprint density at radius 3 is 2.56 bits per heavy atom. The van der Waals surface area contributed by atoms with Gasteiger partial charge in [-0.3, -0.25) is 0 Å². The number of hydrogen-bond acceptors (Lipinski definition) is 7. The monoisotopic (exact) mass is 399 g/mol. The first-order valence-electron chi connectivity index (χ1n) is 7.82. The van der Waals surface area contributed by atoms with Crippen LogP contribution in [0.4, 0.5) is 5.13 Å². The predicted molar refractivity (Wildman–Crippen MR) is 102 cm³/mol. The number of nitrogens with zero attached hydrogens (tertiary/aromatic N) is 3. The fourth-order valence-corrected chi connectivity index (χ4v) is 5.28. The lowest BCUT2D eigenvalue weighted by atomic mass is 9.93. The number of aromatic nitrogens is 3. The maximum absolute atomic E-state index is 12.1. The Hall–Kier alpha value is -1.49. The highest BCUT2D eigenvalue weighted by Crippen LogP contribution is 2.25. The van der Waals surface area contributed by atoms with Crippen LogP contribution in [-0.4, -0.2) is 36.1 Å². The van der Waals surface area contributed by atoms with Gasteiger partial charge in [-0.2, -0.15) is 0 Å². The van der Waals surface area contributed by atoms with Gasteiger partial charge in [0.2, 0.25) is 20.1 Å². The van der Waals surface area contributed by atoms with Gasteiger partial charge in [-0.15, -0.1) is 16.4 Å². The fraction of sp³-hybridized carbons (Fsp3) is 0.467. The van der Waals surface area contributed by atoms with Crippen molar-refractivity contribution in [3.63, 3.8) is 0 Å². The summed E-state index contributed by atoms with van der Waals surface area (Å²) in [6.07, 6.45) is 1.93. The summed E-state index contributed by atoms with van der Waals surface area (Å²) in [5, 5.41) is 8.28. The predicted octanol–water partition coefficient (Wildman–Crippen LogP) is 2.85. The molecule has 3 aromatic heterocycles. The van der Waals surface area contributed by atoms with E-state index < -0.39 is 10.0 Å². The first-order valence-corrected chi connectivity index (χ1v) is 10.9. The average molecular weight is 400 g/mol. The van der Waals surface area contributed by atoms with E-state index in [0.29, 0.717) is 15.9 Å². The summed E-state index contributed by atoms with van der Waals surface area (Å²) in [6.45, 7) is 8.95. The Morgan fingerprint density at radius 2 is 1.96 bits per heavy atom. The van der Waals surface area contributed by atoms with Crippen LogP contribution in [-0.2, 0) is 15.4 Å². The molecule has 0 aliphatic carbocycles. The van der Waals surface area contributed by atoms with Crippen LogP contribution < -0.4 is 10.0 Å². The number of hydrogen-bond donors (Lipinski definition) is 2. The van der Waals surface area contributed by atoms with Gasteiger partial charge in [0.25, 0.3) is 0 Å². The van der Waals surface area contributed by atoms with Gasteiger partial charge in [0.15, 0.2) is 0 Å². The molecule has 136 valence electrons. The van der Waals surface area contributed by atoms with Gasteiger partial charge in [0, 0.05) is 23.4 Å². The molecule has 3 aromatic rings. The van der Waals surface area contributed by atoms with Crippen LogP contribution in [0.5, 0.6) is 0 Å². The van der Waals surface area contributed by atoms with Gasteiger partial charge in [0.05, 0.1) is 11.9 Å². The minimum atomic E-state index is -3.44. The van der Waals surface area contributed by atoms with Gasteiger partial charge in [-0.25, -0.2) is 22.6 Å². The molecule has 25 heavy (non-hydrogen) atoms. The molecule has 0 saturated heterocycles. The SMILES string of the molecule is Cc1ccc(S(=O)(=O)NCCNc2nn3cc(C(C)(C)C)nc3s2)s1. The smallest absolute Gasteiger partial charge is 0.250 e. The number of rotatable bonds is 6. The highest BCUT2D eigenvalue weighted by molar-refractivity contribution is 7.91. The molecule has 2 N–H and O–H groups in total. The molecule has 0 aromatic carbocycles. The third-order valence-electron chi connectivity index (χ3n) is 3.49. The normalized spacial score (nSPS) is 12.8. The zero-order valence-electron chi connectivity index (χ0n) is 14.5. The van der Waals surface area contributed by atoms with E-state index in [2.05, 4.69) is 40.9 Å². The quantitative estimate of drug-likeness (QED) is 0.622. The van der Waals surface area contributed by atoms with Gasteiger partial charge >= 0.3 is 0 Å². The first-order chi connectivity index (χ1) is 11.6. The van der Waals surface area contributed by atoms with Crippen molar-refractivity contribution in [3.05, 3.63) is 28.9 Å². The molecule has 3 rings (SSSR count). The van der Waals surface area contributed by atoms with E-state index in [-0.39, 0.29) is 12.0 Å². The number of nitrogens with one attached hydrogen (secondary N) is 2. The summed E-state index contributed by atoms with van der Waals surface area (Å²) in [7, 11) is -3.44. The minimum absolute atomic E-state index is 0.0144. The minimum Gasteiger partial charge on any atom is -0.359 e. The maximum atomic E-state index is 12.1. The lowest BCUT2D eigenvalue weighted by Crippen LogP contribution is -2.28. The summed E-state index contributed by atoms with van der Waals surface area (Å²) in [4.78, 5) is 6.38. The summed E-state index contributed by atoms with van der Waals surface area (Å²) < 4.78 is 29.0. The summed E-state index contributed by atoms with van der Waals surface area (Å²) in [5.41, 5.74) is 0.983. The molecular weight excluding hydrogens is 378 g/mol. The van der Waals surface area contributed by atoms with Gasteiger partial charge in [-0.1, -0.05) is 32.1 Å². The van der Waals surface area contributed by atoms with Crippen molar-refractivity contribution in [1.82, 2.24) is 19.3 Å². The van der Waals surface area contributed by atoms with E-state index in [9.17, 15) is 8.42 Å². The standard InChI is InChI=1S/C15H21N5O2S3/c1-10-5-6-12(23-10)25(21,22)17-8-7-16-13-19-20-9-11(15(2,3)4)18-14(20)24-13/h5-6,9,17H,7-8H2,1-4H3,(H,16,19). The lowest BCUT2D eigenvalue weighted by molar-refractivity contribution is 0.572. The fourth-order valence-electron chi connectivity index (χ4n) is 2.12. The number of thiophene rings is 1. The van der Waals surface area contributed by atoms with Crippen LogP contribution in [0.3, 0.4) is 0 Å². The summed E-state index contributed by atoms with van der Waals surface area (Å²) >= 11 is 2.71. The number of fused-ring (bicyclic) bond motifs is 1. The highest BCUT2D eigenvalue weighted by Gasteiger charge is 2.19. The number of aryl methyl sites for hydroxylation is 1. The van der Waals surface area contributed by atoms with Crippen LogP contribution >= 0.6 is 22.7 Å². The molecule has 3 heterocycles. The zero-order chi connectivity index (χ0) is 18.2. The van der Waals surface area contributed by atoms with Crippen molar-refractivity contribution in [3.8, 4) is 0 Å². The molecule has 0 radical (unpaired) electrons. The Balaban J connectivity index is 1.55. The third-order valence-corrected chi connectivity index (χ3v) is 7.32. The van der Waals surface area contributed by atoms with Crippen molar-refractivity contribution < 1.29 is 8.42 Å². The van der Waals surface area contributed by atoms with Gasteiger partial charge in [-0.05, 0) is 19.1 Å². The Labute approximate surface area is 155 Å². The third kappa shape index (κ3) is 4.20. The molecule has 0 atom stereocenters. The van der Waals surface area contributed by atoms with Crippen molar-refractivity contribution in [1.29, 1.82) is 0 Å². The van der Waals surface area contributed by atoms with E-state index in [0.717, 1.165) is 15.5 Å². The number of sulfonamides is 1. The second-order valence-electron chi connectivity index (χ2n) is 6.70. The highest BCUT2D eigenvalue weighted by atomic mass is 32.2. The topological polar surface area (TPSA) is 88.4 Å². The molecular formula is C15H21N5O2S3. The second-order valence-corrected chi connectivity index (χ2v) is 10.9. The molecule has 0 fully saturated rings. The van der Waals surface area contributed by atoms with Crippen LogP contribution in [0.15, 0.2) is 22.5 Å². The summed E-state index contributed by atoms with van der Waals surface area (Å²) in [5.74, 6) is 0. The van der Waals surface area contributed by atoms with E-state index in [1.165, 1.54) is 22.7 Å². The Morgan fingerprint density at radius 1 is 1.20 bits per heavy atom. The van der Waals surface area contributed by atoms with Crippen LogP contribution in [0.2, 0.25) is 0 Å². The largest absolute Gasteiger partial charge is 0.359 e. The Bertz CT molecular complexity index is 947. The van der Waals surface area contributed by atoms with Crippen LogP contribution in [0, 0.1) is 6.92 Å². The van der Waals surface area contributed by atoms with E-state index in [1.807, 2.05) is 13.1 Å². The molecule has 7 nitrogen and oxygen atoms in total. The number of imidazole rings is 1. The molecule has 10 heteroatoms. The van der Waals surface area contributed by atoms with Crippen molar-refractivity contribution in [2.75, 3.05) is 18.4 Å². The average Bonchev–Trinajstić information content (AvgIpc) is 3.16. The Kier molecular flexibility index (Phi) is 4.89. The van der Waals surface area contributed by atoms with Crippen molar-refractivity contribution >= 4 is 42.8 Å². The zero-order valence-corrected chi connectivity index (χ0v) is 17.0. The van der Waals surface area contributed by atoms with Crippen LogP contribution in [0.1, 0.15) is 31.3 Å². The van der Waals surface area contributed by atoms with Crippen molar-refractivity contribution in [2.45, 2.75) is 37.3 Å². The maximum Gasteiger partial charge on any atom is 0.250 e. The van der Waals surface area contributed by atoms with Crippen molar-refractivity contribution in [2.24, 2.45) is 0 Å². The van der Waals surface area contributed by atoms with E-state index in [4.69, 9.17) is 0 Å². The molecule has 0 spiro atoms. The molecule has 0 amide bonds. The second kappa shape index (κ2) is 6.67. The van der Waals surface area contributed by atoms with E-state index in [1.54, 1.807) is 16.6 Å². The first kappa shape index (κ1) is 18.3. The number of anilines is 1. The molecule has 0 aliphatic rings. The van der Waals surface area contributed by atoms with Gasteiger partial charge in [0.1, 0.15) is 4.21 Å². The van der Waals surface area contributed by atoms with Gasteiger partial charge < -0.3 is 5.32 Å². The molecule has 0 aliphatic heterocycles. The van der Waals surface area contributed by atoms with Crippen LogP contribution in [0.25, 0.3) is 4.96 Å². The lowest BCUT2D eigenvalue weighted by Gasteiger charge is -2.13. The molecule has 0 saturated carbocycles. The molecule has 0 unspecified atom stereocenters. The summed E-state index contributed by atoms with van der Waals surface area (Å²) in [6, 6.07) is 3.42.